The lowest BCUT2D eigenvalue weighted by Gasteiger charge is -2.47. The number of nitro benzene ring substituents is 1. The number of non-ortho nitro benzene ring substituents is 1. The van der Waals surface area contributed by atoms with Crippen LogP contribution >= 0.6 is 15.9 Å². The third kappa shape index (κ3) is 2.32. The summed E-state index contributed by atoms with van der Waals surface area (Å²) in [5, 5.41) is 10.8. The molecule has 2 heterocycles. The summed E-state index contributed by atoms with van der Waals surface area (Å²) in [7, 11) is 0. The molecule has 2 aliphatic rings. The van der Waals surface area contributed by atoms with Crippen LogP contribution in [0.5, 0.6) is 0 Å². The van der Waals surface area contributed by atoms with Crippen molar-refractivity contribution in [1.82, 2.24) is 0 Å². The molecule has 2 atom stereocenters. The lowest BCUT2D eigenvalue weighted by molar-refractivity contribution is -0.384. The highest BCUT2D eigenvalue weighted by atomic mass is 79.9. The highest BCUT2D eigenvalue weighted by Gasteiger charge is 2.38. The number of halogens is 1. The summed E-state index contributed by atoms with van der Waals surface area (Å²) in [4.78, 5) is 24.5. The molecule has 2 unspecified atom stereocenters. The maximum absolute atomic E-state index is 11.8. The maximum atomic E-state index is 11.8. The highest BCUT2D eigenvalue weighted by molar-refractivity contribution is 9.10. The molecular formula is C14H15BrN2O3. The fraction of sp³-hybridized carbons (Fsp3) is 0.500. The molecule has 0 amide bonds. The lowest BCUT2D eigenvalue weighted by Crippen LogP contribution is -2.52. The van der Waals surface area contributed by atoms with Crippen molar-refractivity contribution in [3.63, 3.8) is 0 Å². The molecule has 0 spiro atoms. The first-order valence-corrected chi connectivity index (χ1v) is 7.59. The van der Waals surface area contributed by atoms with Gasteiger partial charge in [-0.3, -0.25) is 14.9 Å². The number of anilines is 1. The fourth-order valence-electron chi connectivity index (χ4n) is 3.39. The standard InChI is InChI=1S/C14H15BrN2O3/c15-13-8-11(17(19)20)4-5-14(13)16-9-2-1-3-10(16)7-12(18)6-9/h4-5,8-10H,1-3,6-7H2. The molecule has 2 saturated heterocycles. The largest absolute Gasteiger partial charge is 0.364 e. The molecule has 2 bridgehead atoms. The second-order valence-electron chi connectivity index (χ2n) is 5.49. The van der Waals surface area contributed by atoms with Gasteiger partial charge in [0.2, 0.25) is 0 Å². The summed E-state index contributed by atoms with van der Waals surface area (Å²) in [6.45, 7) is 0. The molecule has 1 aromatic rings. The minimum absolute atomic E-state index is 0.0823. The van der Waals surface area contributed by atoms with Gasteiger partial charge < -0.3 is 4.90 Å². The number of nitro groups is 1. The summed E-state index contributed by atoms with van der Waals surface area (Å²) < 4.78 is 0.734. The molecule has 0 aliphatic carbocycles. The average molecular weight is 339 g/mol. The van der Waals surface area contributed by atoms with Gasteiger partial charge in [0.1, 0.15) is 5.78 Å². The van der Waals surface area contributed by atoms with Crippen LogP contribution in [-0.4, -0.2) is 22.8 Å². The van der Waals surface area contributed by atoms with Crippen LogP contribution in [0.15, 0.2) is 22.7 Å². The van der Waals surface area contributed by atoms with Gasteiger partial charge in [0.25, 0.3) is 5.69 Å². The molecule has 3 rings (SSSR count). The smallest absolute Gasteiger partial charge is 0.270 e. The molecule has 5 nitrogen and oxygen atoms in total. The van der Waals surface area contributed by atoms with Crippen LogP contribution in [0, 0.1) is 10.1 Å². The van der Waals surface area contributed by atoms with E-state index in [0.717, 1.165) is 29.4 Å². The first-order valence-electron chi connectivity index (χ1n) is 6.80. The van der Waals surface area contributed by atoms with E-state index >= 15 is 0 Å². The fourth-order valence-corrected chi connectivity index (χ4v) is 3.96. The molecule has 2 aliphatic heterocycles. The molecule has 1 aromatic carbocycles. The lowest BCUT2D eigenvalue weighted by atomic mass is 9.83. The first kappa shape index (κ1) is 13.5. The zero-order valence-electron chi connectivity index (χ0n) is 10.9. The minimum atomic E-state index is -0.394. The van der Waals surface area contributed by atoms with Gasteiger partial charge in [0.15, 0.2) is 0 Å². The van der Waals surface area contributed by atoms with Gasteiger partial charge >= 0.3 is 0 Å². The normalized spacial score (nSPS) is 25.6. The zero-order valence-corrected chi connectivity index (χ0v) is 12.5. The highest BCUT2D eigenvalue weighted by Crippen LogP contribution is 2.40. The van der Waals surface area contributed by atoms with Crippen LogP contribution in [-0.2, 0) is 4.79 Å². The minimum Gasteiger partial charge on any atom is -0.364 e. The third-order valence-corrected chi connectivity index (χ3v) is 4.84. The number of piperidine rings is 2. The van der Waals surface area contributed by atoms with Crippen LogP contribution in [0.1, 0.15) is 32.1 Å². The van der Waals surface area contributed by atoms with Crippen LogP contribution in [0.25, 0.3) is 0 Å². The van der Waals surface area contributed by atoms with E-state index in [9.17, 15) is 14.9 Å². The summed E-state index contributed by atoms with van der Waals surface area (Å²) in [6.07, 6.45) is 4.39. The van der Waals surface area contributed by atoms with Crippen molar-refractivity contribution >= 4 is 33.1 Å². The maximum Gasteiger partial charge on any atom is 0.270 e. The van der Waals surface area contributed by atoms with Crippen molar-refractivity contribution in [2.45, 2.75) is 44.2 Å². The summed E-state index contributed by atoms with van der Waals surface area (Å²) in [5.41, 5.74) is 1.05. The Bertz CT molecular complexity index is 560. The van der Waals surface area contributed by atoms with E-state index in [4.69, 9.17) is 0 Å². The third-order valence-electron chi connectivity index (χ3n) is 4.21. The zero-order chi connectivity index (χ0) is 14.3. The van der Waals surface area contributed by atoms with E-state index in [1.165, 1.54) is 6.07 Å². The molecule has 0 aromatic heterocycles. The van der Waals surface area contributed by atoms with Crippen LogP contribution in [0.2, 0.25) is 0 Å². The molecule has 6 heteroatoms. The first-order chi connectivity index (χ1) is 9.56. The topological polar surface area (TPSA) is 63.5 Å². The van der Waals surface area contributed by atoms with E-state index in [2.05, 4.69) is 20.8 Å². The predicted octanol–water partition coefficient (Wildman–Crippen LogP) is 3.45. The predicted molar refractivity (Wildman–Crippen MR) is 78.9 cm³/mol. The van der Waals surface area contributed by atoms with Gasteiger partial charge in [0.05, 0.1) is 10.6 Å². The average Bonchev–Trinajstić information content (AvgIpc) is 2.38. The number of hydrogen-bond donors (Lipinski definition) is 0. The van der Waals surface area contributed by atoms with E-state index < -0.39 is 4.92 Å². The number of ketones is 1. The summed E-state index contributed by atoms with van der Waals surface area (Å²) >= 11 is 3.44. The van der Waals surface area contributed by atoms with E-state index in [1.54, 1.807) is 12.1 Å². The van der Waals surface area contributed by atoms with Crippen molar-refractivity contribution < 1.29 is 9.72 Å². The molecular weight excluding hydrogens is 324 g/mol. The van der Waals surface area contributed by atoms with Crippen molar-refractivity contribution in [1.29, 1.82) is 0 Å². The Kier molecular flexibility index (Phi) is 3.50. The molecule has 0 N–H and O–H groups in total. The molecule has 0 radical (unpaired) electrons. The van der Waals surface area contributed by atoms with Gasteiger partial charge in [-0.2, -0.15) is 0 Å². The van der Waals surface area contributed by atoms with Crippen molar-refractivity contribution in [2.75, 3.05) is 4.90 Å². The van der Waals surface area contributed by atoms with Crippen molar-refractivity contribution in [2.24, 2.45) is 0 Å². The Morgan fingerprint density at radius 1 is 1.25 bits per heavy atom. The number of carbonyl (C=O) groups excluding carboxylic acids is 1. The van der Waals surface area contributed by atoms with E-state index in [0.29, 0.717) is 18.6 Å². The van der Waals surface area contributed by atoms with Crippen LogP contribution < -0.4 is 4.90 Å². The van der Waals surface area contributed by atoms with Gasteiger partial charge in [-0.25, -0.2) is 0 Å². The molecule has 20 heavy (non-hydrogen) atoms. The number of benzene rings is 1. The number of hydrogen-bond acceptors (Lipinski definition) is 4. The monoisotopic (exact) mass is 338 g/mol. The van der Waals surface area contributed by atoms with Crippen molar-refractivity contribution in [3.8, 4) is 0 Å². The second-order valence-corrected chi connectivity index (χ2v) is 6.34. The van der Waals surface area contributed by atoms with Crippen LogP contribution in [0.3, 0.4) is 0 Å². The Morgan fingerprint density at radius 2 is 1.90 bits per heavy atom. The Labute approximate surface area is 125 Å². The van der Waals surface area contributed by atoms with Gasteiger partial charge in [0, 0.05) is 41.5 Å². The Hall–Kier alpha value is -1.43. The number of rotatable bonds is 2. The summed E-state index contributed by atoms with van der Waals surface area (Å²) in [5.74, 6) is 0.342. The van der Waals surface area contributed by atoms with Gasteiger partial charge in [-0.05, 0) is 41.3 Å². The molecule has 106 valence electrons. The summed E-state index contributed by atoms with van der Waals surface area (Å²) in [6, 6.07) is 5.36. The number of nitrogens with zero attached hydrogens (tertiary/aromatic N) is 2. The number of carbonyl (C=O) groups is 1. The van der Waals surface area contributed by atoms with Crippen LogP contribution in [0.4, 0.5) is 11.4 Å². The Morgan fingerprint density at radius 3 is 2.45 bits per heavy atom. The van der Waals surface area contributed by atoms with Gasteiger partial charge in [-0.1, -0.05) is 0 Å². The second kappa shape index (κ2) is 5.16. The van der Waals surface area contributed by atoms with E-state index in [1.807, 2.05) is 0 Å². The molecule has 0 saturated carbocycles. The Balaban J connectivity index is 1.96. The SMILES string of the molecule is O=C1CC2CCCC(C1)N2c1ccc([N+](=O)[O-])cc1Br. The molecule has 2 fully saturated rings. The van der Waals surface area contributed by atoms with Gasteiger partial charge in [-0.15, -0.1) is 0 Å². The quantitative estimate of drug-likeness (QED) is 0.612. The van der Waals surface area contributed by atoms with Crippen molar-refractivity contribution in [3.05, 3.63) is 32.8 Å². The number of fused-ring (bicyclic) bond motifs is 2. The number of Topliss-reactive ketones (excluding diaryl/α,β-unsaturated/α-hetero) is 1. The van der Waals surface area contributed by atoms with E-state index in [-0.39, 0.29) is 17.8 Å².